The van der Waals surface area contributed by atoms with E-state index in [0.717, 1.165) is 5.69 Å². The van der Waals surface area contributed by atoms with Crippen LogP contribution in [-0.4, -0.2) is 232 Å². The minimum atomic E-state index is -0.637. The summed E-state index contributed by atoms with van der Waals surface area (Å²) in [6.45, 7) is 7.90. The van der Waals surface area contributed by atoms with Gasteiger partial charge in [-0.2, -0.15) is 0 Å². The summed E-state index contributed by atoms with van der Waals surface area (Å²) >= 11 is 0. The second-order valence-electron chi connectivity index (χ2n) is 20.4. The van der Waals surface area contributed by atoms with E-state index in [9.17, 15) is 38.4 Å². The van der Waals surface area contributed by atoms with Crippen LogP contribution in [0.2, 0.25) is 0 Å². The monoisotopic (exact) mass is 1300 g/mol. The largest absolute Gasteiger partial charge is 0.377 e. The second-order valence-corrected chi connectivity index (χ2v) is 20.4. The Morgan fingerprint density at radius 3 is 1.26 bits per heavy atom. The highest BCUT2D eigenvalue weighted by atomic mass is 16.6. The Balaban J connectivity index is 0.717. The van der Waals surface area contributed by atoms with E-state index in [1.165, 1.54) is 55.2 Å². The molecule has 0 bridgehead atoms. The number of anilines is 4. The van der Waals surface area contributed by atoms with Crippen molar-refractivity contribution in [1.29, 1.82) is 0 Å². The number of rotatable bonds is 46. The normalized spacial score (nSPS) is 11.2. The van der Waals surface area contributed by atoms with E-state index in [1.54, 1.807) is 63.1 Å². The Morgan fingerprint density at radius 1 is 0.419 bits per heavy atom. The van der Waals surface area contributed by atoms with E-state index < -0.39 is 41.4 Å². The molecule has 0 atom stereocenters. The lowest BCUT2D eigenvalue weighted by molar-refractivity contribution is -0.121. The first-order valence-electron chi connectivity index (χ1n) is 29.9. The molecule has 6 rings (SSSR count). The van der Waals surface area contributed by atoms with E-state index >= 15 is 0 Å². The summed E-state index contributed by atoms with van der Waals surface area (Å²) in [5.41, 5.74) is 7.33. The molecular formula is C57H84N20O16. The van der Waals surface area contributed by atoms with Crippen LogP contribution < -0.4 is 48.3 Å². The van der Waals surface area contributed by atoms with Crippen molar-refractivity contribution in [3.8, 4) is 0 Å². The van der Waals surface area contributed by atoms with Crippen LogP contribution in [0, 0.1) is 0 Å². The molecule has 10 N–H and O–H groups in total. The van der Waals surface area contributed by atoms with Crippen LogP contribution in [0.15, 0.2) is 55.5 Å². The standard InChI is InChI=1S/C57H84N20O16/c1-72-14-12-60-50(72)56(84)64-40-32-43(73(2)35-40)53(81)61-11-8-49(80)67-46-39-76(5)52(69-46)57(85)65-41-33-44(74(3)36-41)54(82)62-10-7-48(79)66-45-38-75(4)51(68-45)55(83)63-9-6-47(78)59-13-16-86-18-20-88-22-24-90-26-28-92-30-31-93-29-27-91-25-23-89-21-19-87-17-15-77-37-42(34-58)70-71-77/h12,14,32-33,35-39H,6-11,13,15-31,34,58H2,1-5H3,(H,59,78)(H,61,81)(H,62,82)(H,63,83)(H,64,84)(H,65,85)(H,66,79)(H,67,80). The molecule has 8 amide bonds. The van der Waals surface area contributed by atoms with Gasteiger partial charge in [0.15, 0.2) is 17.5 Å². The van der Waals surface area contributed by atoms with Crippen LogP contribution in [0.5, 0.6) is 0 Å². The molecule has 6 aromatic heterocycles. The predicted molar refractivity (Wildman–Crippen MR) is 332 cm³/mol. The van der Waals surface area contributed by atoms with Gasteiger partial charge in [0.05, 0.1) is 129 Å². The third-order valence-electron chi connectivity index (χ3n) is 13.1. The Morgan fingerprint density at radius 2 is 0.828 bits per heavy atom. The fourth-order valence-electron chi connectivity index (χ4n) is 8.38. The maximum Gasteiger partial charge on any atom is 0.291 e. The van der Waals surface area contributed by atoms with Gasteiger partial charge in [-0.25, -0.2) is 19.6 Å². The zero-order chi connectivity index (χ0) is 66.7. The van der Waals surface area contributed by atoms with Crippen molar-refractivity contribution < 1.29 is 76.3 Å². The third-order valence-corrected chi connectivity index (χ3v) is 13.1. The molecule has 0 aliphatic heterocycles. The fraction of sp³-hybridized carbons (Fsp3) is 0.526. The highest BCUT2D eigenvalue weighted by Gasteiger charge is 2.21. The van der Waals surface area contributed by atoms with Gasteiger partial charge in [-0.3, -0.25) is 38.4 Å². The molecule has 93 heavy (non-hydrogen) atoms. The van der Waals surface area contributed by atoms with Crippen molar-refractivity contribution in [2.75, 3.05) is 153 Å². The Labute approximate surface area is 535 Å². The number of nitrogens with two attached hydrogens (primary N) is 1. The fourth-order valence-corrected chi connectivity index (χ4v) is 8.38. The first kappa shape index (κ1) is 72.8. The van der Waals surface area contributed by atoms with Gasteiger partial charge < -0.3 is 109 Å². The quantitative estimate of drug-likeness (QED) is 0.0201. The van der Waals surface area contributed by atoms with Gasteiger partial charge in [-0.05, 0) is 12.1 Å². The summed E-state index contributed by atoms with van der Waals surface area (Å²) in [4.78, 5) is 115. The van der Waals surface area contributed by atoms with Gasteiger partial charge in [0.1, 0.15) is 11.4 Å². The number of carbonyl (C=O) groups excluding carboxylic acids is 8. The highest BCUT2D eigenvalue weighted by molar-refractivity contribution is 6.04. The number of aryl methyl sites for hydroxylation is 5. The molecule has 0 radical (unpaired) electrons. The highest BCUT2D eigenvalue weighted by Crippen LogP contribution is 2.17. The van der Waals surface area contributed by atoms with Crippen LogP contribution in [0.4, 0.5) is 23.0 Å². The van der Waals surface area contributed by atoms with E-state index in [2.05, 4.69) is 67.8 Å². The molecule has 0 aliphatic rings. The van der Waals surface area contributed by atoms with Crippen LogP contribution in [0.3, 0.4) is 0 Å². The Hall–Kier alpha value is -9.27. The second kappa shape index (κ2) is 39.9. The maximum absolute atomic E-state index is 13.3. The molecule has 6 aromatic rings. The van der Waals surface area contributed by atoms with Crippen LogP contribution in [0.25, 0.3) is 0 Å². The average Bonchev–Trinajstić information content (AvgIpc) is 2.19. The summed E-state index contributed by atoms with van der Waals surface area (Å²) in [7, 11) is 8.05. The molecule has 0 fully saturated rings. The van der Waals surface area contributed by atoms with Gasteiger partial charge >= 0.3 is 0 Å². The SMILES string of the molecule is Cn1cc(NC(=O)c2nc(NC(=O)CCNC(=O)c3cc(NC(=O)c4nccn4C)cn3C)cn2C)cc1C(=O)NCCC(=O)Nc1cn(C)c(C(=O)NCCC(=O)NCCOCCOCCOCCOCCOCCOCCOCCOCCn2cc(CN)nn2)n1. The molecule has 0 aliphatic carbocycles. The lowest BCUT2D eigenvalue weighted by Crippen LogP contribution is -2.33. The number of hydrogen-bond donors (Lipinski definition) is 9. The van der Waals surface area contributed by atoms with Gasteiger partial charge in [0.25, 0.3) is 29.5 Å². The maximum atomic E-state index is 13.3. The summed E-state index contributed by atoms with van der Waals surface area (Å²) in [5.74, 6) is -3.60. The van der Waals surface area contributed by atoms with Crippen LogP contribution >= 0.6 is 0 Å². The molecule has 0 spiro atoms. The molecule has 36 nitrogen and oxygen atoms in total. The van der Waals surface area contributed by atoms with Gasteiger partial charge in [0, 0.05) is 131 Å². The molecule has 0 saturated heterocycles. The van der Waals surface area contributed by atoms with Gasteiger partial charge in [-0.1, -0.05) is 5.21 Å². The minimum absolute atomic E-state index is 0.00362. The van der Waals surface area contributed by atoms with E-state index in [1.807, 2.05) is 0 Å². The molecule has 36 heteroatoms. The zero-order valence-electron chi connectivity index (χ0n) is 52.9. The summed E-state index contributed by atoms with van der Waals surface area (Å²) in [6.07, 6.45) is 10.6. The molecule has 0 saturated carbocycles. The molecule has 0 unspecified atom stereocenters. The van der Waals surface area contributed by atoms with Crippen LogP contribution in [0.1, 0.15) is 77.8 Å². The number of nitrogens with one attached hydrogen (secondary N) is 8. The molecule has 6 heterocycles. The summed E-state index contributed by atoms with van der Waals surface area (Å²) < 4.78 is 53.1. The number of aromatic nitrogens is 11. The molecular weight excluding hydrogens is 1220 g/mol. The smallest absolute Gasteiger partial charge is 0.291 e. The number of nitrogens with zero attached hydrogens (tertiary/aromatic N) is 11. The van der Waals surface area contributed by atoms with Crippen LogP contribution in [-0.2, 0) is 101 Å². The van der Waals surface area contributed by atoms with Gasteiger partial charge in [0.2, 0.25) is 29.4 Å². The first-order valence-corrected chi connectivity index (χ1v) is 29.9. The van der Waals surface area contributed by atoms with Crippen molar-refractivity contribution in [2.45, 2.75) is 32.4 Å². The number of amides is 8. The van der Waals surface area contributed by atoms with Crippen molar-refractivity contribution >= 4 is 70.3 Å². The average molecular weight is 1310 g/mol. The Bertz CT molecular complexity index is 3350. The lowest BCUT2D eigenvalue weighted by Gasteiger charge is -2.09. The van der Waals surface area contributed by atoms with E-state index in [-0.39, 0.29) is 104 Å². The first-order chi connectivity index (χ1) is 45.0. The van der Waals surface area contributed by atoms with Crippen molar-refractivity contribution in [3.63, 3.8) is 0 Å². The number of imidazole rings is 3. The zero-order valence-corrected chi connectivity index (χ0v) is 52.9. The van der Waals surface area contributed by atoms with E-state index in [0.29, 0.717) is 118 Å². The number of ether oxygens (including phenoxy) is 8. The lowest BCUT2D eigenvalue weighted by atomic mass is 10.3. The Kier molecular flexibility index (Phi) is 31.2. The molecule has 0 aromatic carbocycles. The van der Waals surface area contributed by atoms with Gasteiger partial charge in [-0.15, -0.1) is 5.10 Å². The predicted octanol–water partition coefficient (Wildman–Crippen LogP) is -1.29. The minimum Gasteiger partial charge on any atom is -0.377 e. The van der Waals surface area contributed by atoms with Crippen molar-refractivity contribution in [3.05, 3.63) is 90.1 Å². The number of hydrogen-bond acceptors (Lipinski definition) is 22. The third kappa shape index (κ3) is 26.1. The molecule has 508 valence electrons. The number of carbonyl (C=O) groups is 8. The van der Waals surface area contributed by atoms with E-state index in [4.69, 9.17) is 43.6 Å². The van der Waals surface area contributed by atoms with Crippen molar-refractivity contribution in [2.24, 2.45) is 41.0 Å². The van der Waals surface area contributed by atoms with Crippen molar-refractivity contribution in [1.82, 2.24) is 74.0 Å². The topological polar surface area (TPSA) is 427 Å². The summed E-state index contributed by atoms with van der Waals surface area (Å²) in [6, 6.07) is 2.93. The summed E-state index contributed by atoms with van der Waals surface area (Å²) in [5, 5.41) is 29.2.